The number of hydrogen-bond acceptors (Lipinski definition) is 8. The van der Waals surface area contributed by atoms with Crippen molar-refractivity contribution in [2.45, 2.75) is 281 Å². The fourth-order valence-electron chi connectivity index (χ4n) is 8.56. The number of hydrogen-bond donors (Lipinski definition) is 6. The van der Waals surface area contributed by atoms with Gasteiger partial charge in [-0.05, 0) is 77.0 Å². The monoisotopic (exact) mass is 956 g/mol. The smallest absolute Gasteiger partial charge is 0.220 e. The van der Waals surface area contributed by atoms with E-state index in [1.54, 1.807) is 6.08 Å². The number of amides is 1. The maximum Gasteiger partial charge on any atom is 0.220 e. The van der Waals surface area contributed by atoms with Gasteiger partial charge < -0.3 is 40.3 Å². The van der Waals surface area contributed by atoms with Crippen LogP contribution in [0, 0.1) is 0 Å². The topological polar surface area (TPSA) is 149 Å². The molecule has 0 aromatic heterocycles. The van der Waals surface area contributed by atoms with Crippen molar-refractivity contribution in [2.24, 2.45) is 0 Å². The zero-order valence-electron chi connectivity index (χ0n) is 43.6. The molecule has 1 fully saturated rings. The van der Waals surface area contributed by atoms with Crippen molar-refractivity contribution in [3.63, 3.8) is 0 Å². The number of nitrogens with one attached hydrogen (secondary N) is 1. The van der Waals surface area contributed by atoms with E-state index in [1.165, 1.54) is 141 Å². The van der Waals surface area contributed by atoms with Gasteiger partial charge in [0.25, 0.3) is 0 Å². The van der Waals surface area contributed by atoms with Gasteiger partial charge in [-0.15, -0.1) is 0 Å². The average molecular weight is 956 g/mol. The molecule has 9 nitrogen and oxygen atoms in total. The van der Waals surface area contributed by atoms with Gasteiger partial charge in [0, 0.05) is 6.42 Å². The van der Waals surface area contributed by atoms with Crippen molar-refractivity contribution < 1.29 is 39.8 Å². The Morgan fingerprint density at radius 2 is 0.926 bits per heavy atom. The molecule has 6 N–H and O–H groups in total. The second kappa shape index (κ2) is 48.3. The van der Waals surface area contributed by atoms with Crippen molar-refractivity contribution >= 4 is 5.91 Å². The quantitative estimate of drug-likeness (QED) is 0.0261. The number of rotatable bonds is 47. The van der Waals surface area contributed by atoms with Gasteiger partial charge in [0.1, 0.15) is 24.4 Å². The van der Waals surface area contributed by atoms with E-state index >= 15 is 0 Å². The van der Waals surface area contributed by atoms with Gasteiger partial charge in [-0.1, -0.05) is 228 Å². The third-order valence-electron chi connectivity index (χ3n) is 13.0. The van der Waals surface area contributed by atoms with Crippen molar-refractivity contribution in [3.05, 3.63) is 72.9 Å². The fourth-order valence-corrected chi connectivity index (χ4v) is 8.56. The number of carbonyl (C=O) groups excluding carboxylic acids is 1. The van der Waals surface area contributed by atoms with Gasteiger partial charge in [0.15, 0.2) is 6.29 Å². The molecular weight excluding hydrogens is 851 g/mol. The Hall–Kier alpha value is -2.37. The van der Waals surface area contributed by atoms with Crippen molar-refractivity contribution in [3.8, 4) is 0 Å². The minimum Gasteiger partial charge on any atom is -0.394 e. The molecule has 0 aliphatic carbocycles. The summed E-state index contributed by atoms with van der Waals surface area (Å²) in [5.41, 5.74) is 0. The second-order valence-corrected chi connectivity index (χ2v) is 19.3. The predicted molar refractivity (Wildman–Crippen MR) is 285 cm³/mol. The summed E-state index contributed by atoms with van der Waals surface area (Å²) in [5.74, 6) is -0.203. The Morgan fingerprint density at radius 3 is 1.41 bits per heavy atom. The summed E-state index contributed by atoms with van der Waals surface area (Å²) in [6.07, 6.45) is 59.7. The zero-order valence-corrected chi connectivity index (χ0v) is 43.6. The summed E-state index contributed by atoms with van der Waals surface area (Å²) in [5, 5.41) is 54.4. The summed E-state index contributed by atoms with van der Waals surface area (Å²) in [7, 11) is 0. The van der Waals surface area contributed by atoms with Crippen LogP contribution in [-0.4, -0.2) is 87.5 Å². The van der Waals surface area contributed by atoms with E-state index in [9.17, 15) is 30.3 Å². The minimum atomic E-state index is -1.58. The Balaban J connectivity index is 2.27. The molecule has 0 aromatic rings. The van der Waals surface area contributed by atoms with E-state index in [0.29, 0.717) is 6.42 Å². The molecule has 0 saturated carbocycles. The van der Waals surface area contributed by atoms with Crippen LogP contribution in [0.5, 0.6) is 0 Å². The molecule has 7 atom stereocenters. The standard InChI is InChI=1S/C59H105NO8/c1-3-5-7-9-11-13-15-17-19-21-22-23-24-25-26-27-28-29-30-31-33-34-36-38-40-42-44-46-48-53(62)52(51-67-59-58(66)57(65)56(64)54(50-61)68-59)60-55(63)49-47-45-43-41-39-37-35-32-20-18-16-14-12-10-8-6-4-2/h6,8,12,14,18,20,31,33,38,40,46,48,52-54,56-59,61-62,64-66H,3-5,7,9-11,13,15-17,19,21-30,32,34-37,39,41-45,47,49-51H2,1-2H3,(H,60,63)/b8-6-,14-12-,20-18-,33-31+,40-38+,48-46+. The molecule has 1 heterocycles. The highest BCUT2D eigenvalue weighted by Crippen LogP contribution is 2.23. The Morgan fingerprint density at radius 1 is 0.515 bits per heavy atom. The first-order valence-corrected chi connectivity index (χ1v) is 28.2. The fraction of sp³-hybridized carbons (Fsp3) is 0.780. The molecule has 68 heavy (non-hydrogen) atoms. The van der Waals surface area contributed by atoms with Crippen LogP contribution in [0.3, 0.4) is 0 Å². The van der Waals surface area contributed by atoms with E-state index in [1.807, 2.05) is 6.08 Å². The van der Waals surface area contributed by atoms with Gasteiger partial charge in [-0.3, -0.25) is 4.79 Å². The Labute approximate surface area is 417 Å². The first kappa shape index (κ1) is 63.6. The van der Waals surface area contributed by atoms with Gasteiger partial charge in [-0.2, -0.15) is 0 Å². The molecule has 1 rings (SSSR count). The van der Waals surface area contributed by atoms with Crippen LogP contribution in [0.2, 0.25) is 0 Å². The minimum absolute atomic E-state index is 0.203. The highest BCUT2D eigenvalue weighted by molar-refractivity contribution is 5.76. The van der Waals surface area contributed by atoms with E-state index in [4.69, 9.17) is 9.47 Å². The molecule has 0 radical (unpaired) electrons. The summed E-state index contributed by atoms with van der Waals surface area (Å²) in [6.45, 7) is 3.65. The third kappa shape index (κ3) is 37.5. The Bertz CT molecular complexity index is 1290. The summed E-state index contributed by atoms with van der Waals surface area (Å²) in [4.78, 5) is 13.0. The molecule has 1 aliphatic rings. The predicted octanol–water partition coefficient (Wildman–Crippen LogP) is 13.7. The van der Waals surface area contributed by atoms with Gasteiger partial charge in [0.2, 0.25) is 5.91 Å². The lowest BCUT2D eigenvalue weighted by Gasteiger charge is -2.40. The maximum absolute atomic E-state index is 13.0. The van der Waals surface area contributed by atoms with E-state index < -0.39 is 49.5 Å². The van der Waals surface area contributed by atoms with E-state index in [0.717, 1.165) is 77.0 Å². The molecule has 394 valence electrons. The lowest BCUT2D eigenvalue weighted by atomic mass is 9.99. The first-order chi connectivity index (χ1) is 33.3. The van der Waals surface area contributed by atoms with Crippen molar-refractivity contribution in [1.29, 1.82) is 0 Å². The molecule has 1 saturated heterocycles. The number of carbonyl (C=O) groups is 1. The number of allylic oxidation sites excluding steroid dienone is 11. The van der Waals surface area contributed by atoms with Crippen molar-refractivity contribution in [1.82, 2.24) is 5.32 Å². The summed E-state index contributed by atoms with van der Waals surface area (Å²) < 4.78 is 11.2. The Kier molecular flexibility index (Phi) is 45.2. The van der Waals surface area contributed by atoms with E-state index in [-0.39, 0.29) is 12.5 Å². The second-order valence-electron chi connectivity index (χ2n) is 19.3. The molecule has 0 aromatic carbocycles. The average Bonchev–Trinajstić information content (AvgIpc) is 3.34. The van der Waals surface area contributed by atoms with Crippen molar-refractivity contribution in [2.75, 3.05) is 13.2 Å². The molecule has 0 spiro atoms. The van der Waals surface area contributed by atoms with Crippen LogP contribution in [0.25, 0.3) is 0 Å². The van der Waals surface area contributed by atoms with Crippen LogP contribution in [0.4, 0.5) is 0 Å². The van der Waals surface area contributed by atoms with Crippen LogP contribution in [0.1, 0.15) is 239 Å². The van der Waals surface area contributed by atoms with Gasteiger partial charge in [0.05, 0.1) is 25.4 Å². The number of unbranched alkanes of at least 4 members (excludes halogenated alkanes) is 27. The lowest BCUT2D eigenvalue weighted by molar-refractivity contribution is -0.302. The molecule has 1 aliphatic heterocycles. The highest BCUT2D eigenvalue weighted by atomic mass is 16.7. The van der Waals surface area contributed by atoms with Gasteiger partial charge in [-0.25, -0.2) is 0 Å². The number of aliphatic hydroxyl groups is 5. The van der Waals surface area contributed by atoms with Crippen LogP contribution in [0.15, 0.2) is 72.9 Å². The maximum atomic E-state index is 13.0. The summed E-state index contributed by atoms with van der Waals surface area (Å²) in [6, 6.07) is -0.838. The van der Waals surface area contributed by atoms with Crippen LogP contribution < -0.4 is 5.32 Å². The number of aliphatic hydroxyl groups excluding tert-OH is 5. The third-order valence-corrected chi connectivity index (χ3v) is 13.0. The zero-order chi connectivity index (χ0) is 49.4. The van der Waals surface area contributed by atoms with Crippen LogP contribution in [-0.2, 0) is 14.3 Å². The molecule has 0 bridgehead atoms. The highest BCUT2D eigenvalue weighted by Gasteiger charge is 2.44. The van der Waals surface area contributed by atoms with Gasteiger partial charge >= 0.3 is 0 Å². The molecular formula is C59H105NO8. The first-order valence-electron chi connectivity index (χ1n) is 28.2. The summed E-state index contributed by atoms with van der Waals surface area (Å²) >= 11 is 0. The molecule has 1 amide bonds. The SMILES string of the molecule is CC/C=C\C/C=C\C/C=C\CCCCCCCCCC(=O)NC(COC1OC(CO)C(O)C(O)C1O)C(O)/C=C/CC/C=C/CC/C=C/CCCCCCCCCCCCCCCCCCCC. The van der Waals surface area contributed by atoms with E-state index in [2.05, 4.69) is 79.9 Å². The largest absolute Gasteiger partial charge is 0.394 e. The number of ether oxygens (including phenoxy) is 2. The normalized spacial score (nSPS) is 20.1. The van der Waals surface area contributed by atoms with Crippen LogP contribution >= 0.6 is 0 Å². The lowest BCUT2D eigenvalue weighted by Crippen LogP contribution is -2.60. The molecule has 9 heteroatoms. The molecule has 7 unspecified atom stereocenters.